The fourth-order valence-corrected chi connectivity index (χ4v) is 5.72. The van der Waals surface area contributed by atoms with Gasteiger partial charge in [0.15, 0.2) is 0 Å². The Morgan fingerprint density at radius 1 is 0.872 bits per heavy atom. The molecule has 5 rings (SSSR count). The second-order valence-corrected chi connectivity index (χ2v) is 10.4. The lowest BCUT2D eigenvalue weighted by Gasteiger charge is -2.45. The molecule has 1 N–H and O–H groups in total. The van der Waals surface area contributed by atoms with E-state index in [-0.39, 0.29) is 30.6 Å². The molecular weight excluding hydrogens is 493 g/mol. The fraction of sp³-hybridized carbons (Fsp3) is 0.375. The summed E-state index contributed by atoms with van der Waals surface area (Å²) < 4.78 is 20.3. The average molecular weight is 530 g/mol. The minimum absolute atomic E-state index is 0.0434. The molecule has 0 bridgehead atoms. The highest BCUT2D eigenvalue weighted by Gasteiger charge is 2.47. The van der Waals surface area contributed by atoms with Gasteiger partial charge in [-0.1, -0.05) is 67.8 Å². The van der Waals surface area contributed by atoms with Gasteiger partial charge in [-0.25, -0.2) is 4.39 Å². The van der Waals surface area contributed by atoms with Gasteiger partial charge in [-0.2, -0.15) is 0 Å². The number of nitrogens with one attached hydrogen (secondary N) is 1. The smallest absolute Gasteiger partial charge is 0.250 e. The van der Waals surface area contributed by atoms with E-state index < -0.39 is 5.54 Å². The molecule has 2 aliphatic rings. The van der Waals surface area contributed by atoms with E-state index in [0.717, 1.165) is 43.6 Å². The predicted molar refractivity (Wildman–Crippen MR) is 151 cm³/mol. The maximum atomic E-state index is 14.8. The number of carbonyl (C=O) groups is 2. The van der Waals surface area contributed by atoms with Gasteiger partial charge in [0, 0.05) is 36.6 Å². The first-order valence-corrected chi connectivity index (χ1v) is 13.9. The molecule has 7 heteroatoms. The Labute approximate surface area is 229 Å². The van der Waals surface area contributed by atoms with Crippen molar-refractivity contribution in [1.82, 2.24) is 4.90 Å². The van der Waals surface area contributed by atoms with Gasteiger partial charge in [0.05, 0.1) is 19.6 Å². The fourth-order valence-electron chi connectivity index (χ4n) is 5.72. The summed E-state index contributed by atoms with van der Waals surface area (Å²) in [4.78, 5) is 31.9. The van der Waals surface area contributed by atoms with Crippen LogP contribution in [-0.2, 0) is 27.3 Å². The van der Waals surface area contributed by atoms with Crippen molar-refractivity contribution in [3.05, 3.63) is 95.8 Å². The van der Waals surface area contributed by atoms with Gasteiger partial charge in [0.25, 0.3) is 0 Å². The van der Waals surface area contributed by atoms with Crippen LogP contribution in [0.1, 0.15) is 43.2 Å². The average Bonchev–Trinajstić information content (AvgIpc) is 2.98. The molecule has 204 valence electrons. The number of halogens is 1. The molecule has 0 radical (unpaired) electrons. The van der Waals surface area contributed by atoms with Crippen LogP contribution in [0.15, 0.2) is 78.9 Å². The molecule has 6 nitrogen and oxygen atoms in total. The van der Waals surface area contributed by atoms with Gasteiger partial charge in [0.1, 0.15) is 11.4 Å². The first-order chi connectivity index (χ1) is 19.0. The van der Waals surface area contributed by atoms with Crippen molar-refractivity contribution >= 4 is 23.2 Å². The van der Waals surface area contributed by atoms with E-state index in [1.54, 1.807) is 23.1 Å². The molecule has 1 saturated carbocycles. The highest BCUT2D eigenvalue weighted by molar-refractivity contribution is 6.01. The van der Waals surface area contributed by atoms with Crippen molar-refractivity contribution in [2.75, 3.05) is 36.5 Å². The zero-order valence-corrected chi connectivity index (χ0v) is 22.3. The highest BCUT2D eigenvalue weighted by Crippen LogP contribution is 2.37. The van der Waals surface area contributed by atoms with Crippen molar-refractivity contribution in [3.63, 3.8) is 0 Å². The third-order valence-electron chi connectivity index (χ3n) is 7.91. The van der Waals surface area contributed by atoms with Crippen molar-refractivity contribution in [2.45, 2.75) is 50.6 Å². The van der Waals surface area contributed by atoms with Gasteiger partial charge in [0.2, 0.25) is 11.8 Å². The summed E-state index contributed by atoms with van der Waals surface area (Å²) in [6, 6.07) is 23.8. The molecule has 1 aliphatic heterocycles. The summed E-state index contributed by atoms with van der Waals surface area (Å²) in [6.07, 6.45) is 3.90. The van der Waals surface area contributed by atoms with E-state index >= 15 is 0 Å². The number of hydrogen-bond acceptors (Lipinski definition) is 4. The SMILES string of the molecule is O=C(Cc1ccccc1)N(Cc1ccccc1F)C1(C(=O)Nc2ccc(N3CCOCC3)cc2)CCCCC1. The van der Waals surface area contributed by atoms with Gasteiger partial charge in [-0.05, 0) is 48.7 Å². The van der Waals surface area contributed by atoms with Gasteiger partial charge in [-0.3, -0.25) is 9.59 Å². The van der Waals surface area contributed by atoms with Crippen LogP contribution < -0.4 is 10.2 Å². The first-order valence-electron chi connectivity index (χ1n) is 13.9. The van der Waals surface area contributed by atoms with Gasteiger partial charge >= 0.3 is 0 Å². The van der Waals surface area contributed by atoms with Crippen LogP contribution in [0, 0.1) is 5.82 Å². The Bertz CT molecular complexity index is 1250. The highest BCUT2D eigenvalue weighted by atomic mass is 19.1. The molecule has 3 aromatic rings. The van der Waals surface area contributed by atoms with Crippen molar-refractivity contribution in [2.24, 2.45) is 0 Å². The predicted octanol–water partition coefficient (Wildman–Crippen LogP) is 5.58. The topological polar surface area (TPSA) is 61.9 Å². The number of nitrogens with zero attached hydrogens (tertiary/aromatic N) is 2. The number of amides is 2. The Morgan fingerprint density at radius 2 is 1.54 bits per heavy atom. The van der Waals surface area contributed by atoms with E-state index in [0.29, 0.717) is 37.3 Å². The molecule has 0 aromatic heterocycles. The molecule has 1 saturated heterocycles. The van der Waals surface area contributed by atoms with Crippen LogP contribution in [0.5, 0.6) is 0 Å². The Morgan fingerprint density at radius 3 is 2.23 bits per heavy atom. The lowest BCUT2D eigenvalue weighted by atomic mass is 9.78. The number of ether oxygens (including phenoxy) is 1. The third-order valence-corrected chi connectivity index (χ3v) is 7.91. The van der Waals surface area contributed by atoms with E-state index in [2.05, 4.69) is 10.2 Å². The zero-order chi connectivity index (χ0) is 27.1. The summed E-state index contributed by atoms with van der Waals surface area (Å²) in [5, 5.41) is 3.11. The first kappa shape index (κ1) is 26.9. The Kier molecular flexibility index (Phi) is 8.57. The van der Waals surface area contributed by atoms with Crippen LogP contribution >= 0.6 is 0 Å². The Hall–Kier alpha value is -3.71. The molecule has 0 atom stereocenters. The standard InChI is InChI=1S/C32H36FN3O3/c33-29-12-6-5-11-26(29)24-36(30(37)23-25-9-3-1-4-10-25)32(17-7-2-8-18-32)31(38)34-27-13-15-28(16-14-27)35-19-21-39-22-20-35/h1,3-6,9-16H,2,7-8,17-24H2,(H,34,38). The lowest BCUT2D eigenvalue weighted by molar-refractivity contribution is -0.148. The summed E-state index contributed by atoms with van der Waals surface area (Å²) in [7, 11) is 0. The number of morpholine rings is 1. The number of benzene rings is 3. The van der Waals surface area contributed by atoms with E-state index in [9.17, 15) is 14.0 Å². The van der Waals surface area contributed by atoms with Crippen LogP contribution in [0.4, 0.5) is 15.8 Å². The normalized spacial score (nSPS) is 16.9. The number of rotatable bonds is 8. The summed E-state index contributed by atoms with van der Waals surface area (Å²) >= 11 is 0. The van der Waals surface area contributed by atoms with E-state index in [1.807, 2.05) is 54.6 Å². The largest absolute Gasteiger partial charge is 0.378 e. The molecule has 1 aliphatic carbocycles. The van der Waals surface area contributed by atoms with Crippen LogP contribution in [0.3, 0.4) is 0 Å². The van der Waals surface area contributed by atoms with Crippen molar-refractivity contribution in [3.8, 4) is 0 Å². The quantitative estimate of drug-likeness (QED) is 0.414. The maximum absolute atomic E-state index is 14.8. The van der Waals surface area contributed by atoms with Crippen molar-refractivity contribution < 1.29 is 18.7 Å². The minimum Gasteiger partial charge on any atom is -0.378 e. The zero-order valence-electron chi connectivity index (χ0n) is 22.3. The van der Waals surface area contributed by atoms with Crippen LogP contribution in [-0.4, -0.2) is 48.6 Å². The molecule has 0 spiro atoms. The molecule has 2 amide bonds. The Balaban J connectivity index is 1.43. The van der Waals surface area contributed by atoms with E-state index in [4.69, 9.17) is 4.74 Å². The molecule has 39 heavy (non-hydrogen) atoms. The number of anilines is 2. The third kappa shape index (κ3) is 6.31. The number of hydrogen-bond donors (Lipinski definition) is 1. The van der Waals surface area contributed by atoms with Gasteiger partial charge in [-0.15, -0.1) is 0 Å². The maximum Gasteiger partial charge on any atom is 0.250 e. The van der Waals surface area contributed by atoms with E-state index in [1.165, 1.54) is 6.07 Å². The molecule has 3 aromatic carbocycles. The molecular formula is C32H36FN3O3. The summed E-state index contributed by atoms with van der Waals surface area (Å²) in [5.74, 6) is -0.761. The molecule has 0 unspecified atom stereocenters. The monoisotopic (exact) mass is 529 g/mol. The molecule has 2 fully saturated rings. The summed E-state index contributed by atoms with van der Waals surface area (Å²) in [5.41, 5.74) is 1.98. The second-order valence-electron chi connectivity index (χ2n) is 10.4. The lowest BCUT2D eigenvalue weighted by Crippen LogP contribution is -2.60. The van der Waals surface area contributed by atoms with Crippen molar-refractivity contribution in [1.29, 1.82) is 0 Å². The van der Waals surface area contributed by atoms with Crippen LogP contribution in [0.25, 0.3) is 0 Å². The second kappa shape index (κ2) is 12.4. The summed E-state index contributed by atoms with van der Waals surface area (Å²) in [6.45, 7) is 3.13. The number of carbonyl (C=O) groups excluding carboxylic acids is 2. The molecule has 1 heterocycles. The minimum atomic E-state index is -1.06. The van der Waals surface area contributed by atoms with Crippen LogP contribution in [0.2, 0.25) is 0 Å². The van der Waals surface area contributed by atoms with Gasteiger partial charge < -0.3 is 19.9 Å².